The summed E-state index contributed by atoms with van der Waals surface area (Å²) in [4.78, 5) is 54.0. The Morgan fingerprint density at radius 2 is 1.71 bits per heavy atom. The Balaban J connectivity index is 1.17. The number of hydrogen-bond acceptors (Lipinski definition) is 9. The summed E-state index contributed by atoms with van der Waals surface area (Å²) in [6.45, 7) is 0. The van der Waals surface area contributed by atoms with Crippen LogP contribution in [0.15, 0.2) is 6.33 Å². The number of rotatable bonds is 9. The highest BCUT2D eigenvalue weighted by atomic mass is 35.5. The van der Waals surface area contributed by atoms with Gasteiger partial charge in [0.25, 0.3) is 0 Å². The van der Waals surface area contributed by atoms with Gasteiger partial charge in [-0.25, -0.2) is 4.98 Å². The smallest absolute Gasteiger partial charge is 0.335 e. The van der Waals surface area contributed by atoms with Crippen molar-refractivity contribution in [3.8, 4) is 0 Å². The van der Waals surface area contributed by atoms with Crippen LogP contribution in [0.1, 0.15) is 57.6 Å². The van der Waals surface area contributed by atoms with Gasteiger partial charge in [0.2, 0.25) is 18.6 Å². The Hall–Kier alpha value is -1.47. The van der Waals surface area contributed by atoms with E-state index in [9.17, 15) is 29.0 Å². The molecule has 2 unspecified atom stereocenters. The fourth-order valence-corrected chi connectivity index (χ4v) is 11.8. The number of hydrogen-bond donors (Lipinski definition) is 6. The average molecular weight is 634 g/mol. The summed E-state index contributed by atoms with van der Waals surface area (Å²) in [6.07, 6.45) is 2.72. The lowest BCUT2D eigenvalue weighted by Crippen LogP contribution is -2.47. The number of fused-ring (bicyclic) bond motifs is 1. The lowest BCUT2D eigenvalue weighted by atomic mass is 9.49. The average Bonchev–Trinajstić information content (AvgIpc) is 3.35. The Labute approximate surface area is 240 Å². The molecule has 14 nitrogen and oxygen atoms in total. The van der Waals surface area contributed by atoms with E-state index in [4.69, 9.17) is 26.1 Å². The predicted molar refractivity (Wildman–Crippen MR) is 146 cm³/mol. The van der Waals surface area contributed by atoms with Gasteiger partial charge < -0.3 is 34.9 Å². The third-order valence-corrected chi connectivity index (χ3v) is 13.5. The van der Waals surface area contributed by atoms with Crippen LogP contribution in [-0.4, -0.2) is 80.7 Å². The quantitative estimate of drug-likeness (QED) is 0.173. The number of aliphatic hydroxyl groups excluding tert-OH is 2. The van der Waals surface area contributed by atoms with Gasteiger partial charge in [0, 0.05) is 12.6 Å². The zero-order chi connectivity index (χ0) is 29.3. The number of ether oxygens (including phenoxy) is 1. The molecule has 1 amide bonds. The highest BCUT2D eigenvalue weighted by molar-refractivity contribution is 7.72. The minimum absolute atomic E-state index is 0.0188. The molecule has 41 heavy (non-hydrogen) atoms. The van der Waals surface area contributed by atoms with Crippen LogP contribution in [0.4, 0.5) is 5.82 Å². The maximum absolute atomic E-state index is 13.3. The molecule has 1 saturated heterocycles. The molecule has 2 aromatic rings. The van der Waals surface area contributed by atoms with Crippen LogP contribution in [0.5, 0.6) is 0 Å². The van der Waals surface area contributed by atoms with Crippen molar-refractivity contribution >= 4 is 49.5 Å². The van der Waals surface area contributed by atoms with Gasteiger partial charge in [-0.3, -0.25) is 18.5 Å². The van der Waals surface area contributed by atoms with E-state index in [1.807, 2.05) is 0 Å². The van der Waals surface area contributed by atoms with Crippen molar-refractivity contribution in [2.45, 2.75) is 75.9 Å². The summed E-state index contributed by atoms with van der Waals surface area (Å²) in [6, 6.07) is 0. The number of carbonyl (C=O) groups excluding carboxylic acids is 1. The second-order valence-corrected chi connectivity index (χ2v) is 17.5. The molecule has 4 saturated carbocycles. The first kappa shape index (κ1) is 29.6. The Bertz CT molecular complexity index is 1410. The molecule has 1 aliphatic heterocycles. The first-order chi connectivity index (χ1) is 19.2. The normalized spacial score (nSPS) is 36.1. The van der Waals surface area contributed by atoms with Crippen LogP contribution in [0.25, 0.3) is 11.2 Å². The topological polar surface area (TPSA) is 217 Å². The summed E-state index contributed by atoms with van der Waals surface area (Å²) in [5, 5.41) is 24.0. The van der Waals surface area contributed by atoms with E-state index in [0.717, 1.165) is 19.3 Å². The zero-order valence-electron chi connectivity index (χ0n) is 22.1. The molecular formula is C24H34ClN5O9P2. The summed E-state index contributed by atoms with van der Waals surface area (Å²) < 4.78 is 30.5. The Kier molecular flexibility index (Phi) is 7.66. The van der Waals surface area contributed by atoms with Crippen LogP contribution >= 0.6 is 26.6 Å². The Morgan fingerprint density at radius 1 is 1.07 bits per heavy atom. The van der Waals surface area contributed by atoms with Gasteiger partial charge in [0.15, 0.2) is 23.2 Å². The van der Waals surface area contributed by atoms with Gasteiger partial charge in [0.1, 0.15) is 18.1 Å². The zero-order valence-corrected chi connectivity index (χ0v) is 24.7. The SMILES string of the molecule is O=C(CC12CC3CC(CC(C3)C1)C2)Nc1nc(Cl)nc2c1ncn2[C@@H]1O[C@H](CCP(=O)(O)CP(=O)(O)O)C(O)[C@@H]1O. The number of halogens is 1. The van der Waals surface area contributed by atoms with Gasteiger partial charge in [-0.2, -0.15) is 9.97 Å². The highest BCUT2D eigenvalue weighted by Crippen LogP contribution is 2.61. The fourth-order valence-electron chi connectivity index (χ4n) is 8.07. The fraction of sp³-hybridized carbons (Fsp3) is 0.750. The minimum atomic E-state index is -4.73. The van der Waals surface area contributed by atoms with E-state index in [-0.39, 0.29) is 40.0 Å². The van der Waals surface area contributed by atoms with E-state index < -0.39 is 51.6 Å². The van der Waals surface area contributed by atoms with Crippen molar-refractivity contribution in [1.82, 2.24) is 19.5 Å². The molecule has 4 bridgehead atoms. The molecule has 226 valence electrons. The van der Waals surface area contributed by atoms with Gasteiger partial charge in [-0.15, -0.1) is 0 Å². The molecule has 7 rings (SSSR count). The molecule has 2 aromatic heterocycles. The van der Waals surface area contributed by atoms with E-state index in [2.05, 4.69) is 20.3 Å². The van der Waals surface area contributed by atoms with Gasteiger partial charge in [-0.1, -0.05) is 0 Å². The number of amides is 1. The van der Waals surface area contributed by atoms with Crippen LogP contribution < -0.4 is 5.32 Å². The second kappa shape index (κ2) is 10.6. The van der Waals surface area contributed by atoms with Gasteiger partial charge in [-0.05, 0) is 79.7 Å². The summed E-state index contributed by atoms with van der Waals surface area (Å²) >= 11 is 6.20. The molecule has 5 atom stereocenters. The summed E-state index contributed by atoms with van der Waals surface area (Å²) in [7, 11) is -8.94. The number of aromatic nitrogens is 4. The molecule has 0 aromatic carbocycles. The monoisotopic (exact) mass is 633 g/mol. The Morgan fingerprint density at radius 3 is 2.32 bits per heavy atom. The van der Waals surface area contributed by atoms with Crippen molar-refractivity contribution < 1.29 is 43.6 Å². The molecular weight excluding hydrogens is 600 g/mol. The molecule has 0 radical (unpaired) electrons. The number of carbonyl (C=O) groups is 1. The van der Waals surface area contributed by atoms with E-state index in [0.29, 0.717) is 24.2 Å². The highest BCUT2D eigenvalue weighted by Gasteiger charge is 2.51. The molecule has 5 aliphatic rings. The summed E-state index contributed by atoms with van der Waals surface area (Å²) in [5.74, 6) is 0.881. The maximum atomic E-state index is 13.3. The molecule has 5 fully saturated rings. The maximum Gasteiger partial charge on any atom is 0.335 e. The van der Waals surface area contributed by atoms with Crippen molar-refractivity contribution in [1.29, 1.82) is 0 Å². The van der Waals surface area contributed by atoms with Crippen LogP contribution in [0.2, 0.25) is 5.28 Å². The van der Waals surface area contributed by atoms with E-state index in [1.165, 1.54) is 30.2 Å². The largest absolute Gasteiger partial charge is 0.388 e. The number of nitrogens with one attached hydrogen (secondary N) is 1. The lowest BCUT2D eigenvalue weighted by Gasteiger charge is -2.56. The second-order valence-electron chi connectivity index (χ2n) is 12.5. The van der Waals surface area contributed by atoms with E-state index in [1.54, 1.807) is 0 Å². The van der Waals surface area contributed by atoms with Crippen molar-refractivity contribution in [2.24, 2.45) is 23.2 Å². The number of imidazole rings is 1. The number of anilines is 1. The standard InChI is InChI=1S/C24H34ClN5O9P2/c25-23-28-20(27-16(31)9-24-6-12-3-13(7-24)5-14(4-12)8-24)17-21(29-23)30(10-26-17)22-19(33)18(32)15(39-22)1-2-40(34,35)11-41(36,37)38/h10,12-15,18-19,22,32-33H,1-9,11H2,(H,34,35)(H2,36,37,38)(H,27,28,29,31)/t12?,13?,14?,15-,18?,19+,22-,24?/m1/s1. The van der Waals surface area contributed by atoms with Crippen molar-refractivity contribution in [2.75, 3.05) is 17.4 Å². The third-order valence-electron chi connectivity index (χ3n) is 9.13. The van der Waals surface area contributed by atoms with Gasteiger partial charge >= 0.3 is 7.60 Å². The van der Waals surface area contributed by atoms with Crippen LogP contribution in [0, 0.1) is 23.2 Å². The lowest BCUT2D eigenvalue weighted by molar-refractivity contribution is -0.124. The molecule has 0 spiro atoms. The van der Waals surface area contributed by atoms with Crippen molar-refractivity contribution in [3.63, 3.8) is 0 Å². The van der Waals surface area contributed by atoms with Gasteiger partial charge in [0.05, 0.1) is 12.4 Å². The first-order valence-corrected chi connectivity index (χ1v) is 18.0. The number of nitrogens with zero attached hydrogens (tertiary/aromatic N) is 4. The molecule has 6 N–H and O–H groups in total. The van der Waals surface area contributed by atoms with Crippen LogP contribution in [0.3, 0.4) is 0 Å². The first-order valence-electron chi connectivity index (χ1n) is 13.8. The number of aliphatic hydroxyl groups is 2. The third kappa shape index (κ3) is 6.14. The molecule has 3 heterocycles. The summed E-state index contributed by atoms with van der Waals surface area (Å²) in [5.41, 5.74) is 0.370. The predicted octanol–water partition coefficient (Wildman–Crippen LogP) is 2.44. The molecule has 17 heteroatoms. The van der Waals surface area contributed by atoms with Crippen LogP contribution in [-0.2, 0) is 18.7 Å². The van der Waals surface area contributed by atoms with E-state index >= 15 is 0 Å². The minimum Gasteiger partial charge on any atom is -0.388 e. The molecule has 4 aliphatic carbocycles. The van der Waals surface area contributed by atoms with Crippen molar-refractivity contribution in [3.05, 3.63) is 11.6 Å².